The number of halogens is 1. The minimum atomic E-state index is -4.57. The molecule has 0 saturated carbocycles. The summed E-state index contributed by atoms with van der Waals surface area (Å²) in [6, 6.07) is 0. The Bertz CT molecular complexity index is 673. The molecule has 2 rings (SSSR count). The molecule has 0 radical (unpaired) electrons. The van der Waals surface area contributed by atoms with Crippen molar-refractivity contribution in [1.82, 2.24) is 14.0 Å². The predicted octanol–water partition coefficient (Wildman–Crippen LogP) is -0.205. The van der Waals surface area contributed by atoms with Crippen molar-refractivity contribution >= 4 is 15.9 Å². The molecule has 0 N–H and O–H groups in total. The van der Waals surface area contributed by atoms with Gasteiger partial charge in [0, 0.05) is 31.3 Å². The van der Waals surface area contributed by atoms with Gasteiger partial charge in [0.1, 0.15) is 0 Å². The summed E-state index contributed by atoms with van der Waals surface area (Å²) in [5.74, 6) is -0.718. The van der Waals surface area contributed by atoms with Crippen LogP contribution in [0.3, 0.4) is 0 Å². The molecule has 2 heterocycles. The van der Waals surface area contributed by atoms with Crippen LogP contribution in [0.2, 0.25) is 0 Å². The second-order valence-corrected chi connectivity index (χ2v) is 4.68. The van der Waals surface area contributed by atoms with Crippen molar-refractivity contribution < 1.29 is 12.3 Å². The first kappa shape index (κ1) is 10.8. The van der Waals surface area contributed by atoms with Crippen LogP contribution in [0.15, 0.2) is 29.6 Å². The third-order valence-corrected chi connectivity index (χ3v) is 2.77. The number of aromatic nitrogens is 3. The summed E-state index contributed by atoms with van der Waals surface area (Å²) < 4.78 is 35.6. The first-order chi connectivity index (χ1) is 7.47. The van der Waals surface area contributed by atoms with Gasteiger partial charge in [-0.15, -0.1) is 3.89 Å². The lowest BCUT2D eigenvalue weighted by atomic mass is 10.6. The van der Waals surface area contributed by atoms with Crippen LogP contribution < -0.4 is 5.56 Å². The normalized spacial score (nSPS) is 12.1. The van der Waals surface area contributed by atoms with Gasteiger partial charge in [-0.25, -0.2) is 4.98 Å². The van der Waals surface area contributed by atoms with Crippen molar-refractivity contribution in [3.05, 3.63) is 35.1 Å². The first-order valence-corrected chi connectivity index (χ1v) is 5.97. The van der Waals surface area contributed by atoms with Crippen LogP contribution in [0.5, 0.6) is 0 Å². The van der Waals surface area contributed by atoms with Crippen LogP contribution in [0.4, 0.5) is 3.89 Å². The minimum Gasteiger partial charge on any atom is -0.310 e. The smallest absolute Gasteiger partial charge is 0.304 e. The van der Waals surface area contributed by atoms with Crippen LogP contribution in [0, 0.1) is 0 Å². The zero-order valence-corrected chi connectivity index (χ0v) is 8.89. The second kappa shape index (κ2) is 3.71. The van der Waals surface area contributed by atoms with Gasteiger partial charge in [-0.2, -0.15) is 8.42 Å². The number of aryl methyl sites for hydroxylation is 1. The zero-order chi connectivity index (χ0) is 11.8. The average Bonchev–Trinajstić information content (AvgIpc) is 2.64. The van der Waals surface area contributed by atoms with E-state index in [9.17, 15) is 17.1 Å². The summed E-state index contributed by atoms with van der Waals surface area (Å²) in [4.78, 5) is 15.5. The van der Waals surface area contributed by atoms with Crippen molar-refractivity contribution in [1.29, 1.82) is 0 Å². The number of imidazole rings is 1. The van der Waals surface area contributed by atoms with Gasteiger partial charge in [-0.05, 0) is 0 Å². The lowest BCUT2D eigenvalue weighted by Crippen LogP contribution is -2.24. The summed E-state index contributed by atoms with van der Waals surface area (Å²) in [7, 11) is -4.57. The Morgan fingerprint density at radius 3 is 2.75 bits per heavy atom. The van der Waals surface area contributed by atoms with E-state index in [4.69, 9.17) is 0 Å². The fraction of sp³-hybridized carbons (Fsp3) is 0.250. The largest absolute Gasteiger partial charge is 0.310 e. The number of rotatable bonds is 3. The highest BCUT2D eigenvalue weighted by molar-refractivity contribution is 7.86. The molecule has 0 aliphatic heterocycles. The summed E-state index contributed by atoms with van der Waals surface area (Å²) in [6.45, 7) is -0.221. The molecule has 86 valence electrons. The molecule has 8 heteroatoms. The molecular formula is C8H8FN3O3S. The quantitative estimate of drug-likeness (QED) is 0.702. The van der Waals surface area contributed by atoms with E-state index in [-0.39, 0.29) is 12.2 Å². The van der Waals surface area contributed by atoms with Crippen molar-refractivity contribution in [3.8, 4) is 0 Å². The maximum Gasteiger partial charge on any atom is 0.304 e. The zero-order valence-electron chi connectivity index (χ0n) is 8.08. The van der Waals surface area contributed by atoms with Gasteiger partial charge in [0.25, 0.3) is 5.56 Å². The predicted molar refractivity (Wildman–Crippen MR) is 54.3 cm³/mol. The van der Waals surface area contributed by atoms with Gasteiger partial charge in [0.15, 0.2) is 0 Å². The van der Waals surface area contributed by atoms with E-state index in [2.05, 4.69) is 4.98 Å². The van der Waals surface area contributed by atoms with E-state index < -0.39 is 21.5 Å². The fourth-order valence-corrected chi connectivity index (χ4v) is 1.75. The summed E-state index contributed by atoms with van der Waals surface area (Å²) in [6.07, 6.45) is 5.98. The van der Waals surface area contributed by atoms with Gasteiger partial charge in [0.05, 0.1) is 5.75 Å². The minimum absolute atomic E-state index is 0.179. The standard InChI is InChI=1S/C8H8FN3O3S/c9-16(14,15)6-5-12-4-3-11-2-1-10-7(11)8(12)13/h1-4H,5-6H2. The average molecular weight is 245 g/mol. The van der Waals surface area contributed by atoms with E-state index in [1.54, 1.807) is 12.4 Å². The van der Waals surface area contributed by atoms with Gasteiger partial charge >= 0.3 is 10.2 Å². The van der Waals surface area contributed by atoms with Crippen molar-refractivity contribution in [2.75, 3.05) is 5.75 Å². The third-order valence-electron chi connectivity index (χ3n) is 2.10. The number of nitrogens with zero attached hydrogens (tertiary/aromatic N) is 3. The summed E-state index contributed by atoms with van der Waals surface area (Å²) in [5, 5.41) is 0. The van der Waals surface area contributed by atoms with Crippen LogP contribution >= 0.6 is 0 Å². The third kappa shape index (κ3) is 2.11. The number of hydrogen-bond donors (Lipinski definition) is 0. The molecule has 2 aromatic rings. The lowest BCUT2D eigenvalue weighted by molar-refractivity contribution is 0.544. The van der Waals surface area contributed by atoms with Crippen LogP contribution in [0.25, 0.3) is 5.65 Å². The van der Waals surface area contributed by atoms with E-state index in [1.807, 2.05) is 0 Å². The molecule has 0 unspecified atom stereocenters. The second-order valence-electron chi connectivity index (χ2n) is 3.20. The highest BCUT2D eigenvalue weighted by Gasteiger charge is 2.09. The molecular weight excluding hydrogens is 237 g/mol. The Balaban J connectivity index is 2.39. The first-order valence-electron chi connectivity index (χ1n) is 4.42. The van der Waals surface area contributed by atoms with Crippen molar-refractivity contribution in [2.24, 2.45) is 0 Å². The highest BCUT2D eigenvalue weighted by Crippen LogP contribution is 1.96. The molecule has 0 aliphatic rings. The highest BCUT2D eigenvalue weighted by atomic mass is 32.3. The van der Waals surface area contributed by atoms with Crippen LogP contribution in [-0.2, 0) is 16.8 Å². The Kier molecular flexibility index (Phi) is 2.50. The Morgan fingerprint density at radius 2 is 2.06 bits per heavy atom. The lowest BCUT2D eigenvalue weighted by Gasteiger charge is -2.03. The molecule has 0 fully saturated rings. The molecule has 0 atom stereocenters. The number of hydrogen-bond acceptors (Lipinski definition) is 4. The Hall–Kier alpha value is -1.70. The molecule has 0 bridgehead atoms. The summed E-state index contributed by atoms with van der Waals surface area (Å²) >= 11 is 0. The molecule has 6 nitrogen and oxygen atoms in total. The van der Waals surface area contributed by atoms with E-state index in [1.165, 1.54) is 16.8 Å². The van der Waals surface area contributed by atoms with Crippen molar-refractivity contribution in [3.63, 3.8) is 0 Å². The monoisotopic (exact) mass is 245 g/mol. The Labute approximate surface area is 90.2 Å². The molecule has 0 amide bonds. The topological polar surface area (TPSA) is 73.4 Å². The van der Waals surface area contributed by atoms with Gasteiger partial charge in [-0.1, -0.05) is 0 Å². The maximum absolute atomic E-state index is 12.3. The molecule has 16 heavy (non-hydrogen) atoms. The van der Waals surface area contributed by atoms with E-state index in [0.717, 1.165) is 4.57 Å². The number of fused-ring (bicyclic) bond motifs is 1. The SMILES string of the molecule is O=c1c2nccn2ccn1CCS(=O)(=O)F. The van der Waals surface area contributed by atoms with Crippen LogP contribution in [0.1, 0.15) is 0 Å². The molecule has 0 spiro atoms. The molecule has 0 saturated heterocycles. The van der Waals surface area contributed by atoms with Crippen LogP contribution in [-0.4, -0.2) is 28.1 Å². The van der Waals surface area contributed by atoms with E-state index in [0.29, 0.717) is 0 Å². The van der Waals surface area contributed by atoms with Gasteiger partial charge < -0.3 is 8.97 Å². The summed E-state index contributed by atoms with van der Waals surface area (Å²) in [5.41, 5.74) is -0.269. The molecule has 0 aliphatic carbocycles. The van der Waals surface area contributed by atoms with Crippen molar-refractivity contribution in [2.45, 2.75) is 6.54 Å². The Morgan fingerprint density at radius 1 is 1.31 bits per heavy atom. The van der Waals surface area contributed by atoms with Gasteiger partial charge in [-0.3, -0.25) is 4.79 Å². The maximum atomic E-state index is 12.3. The fourth-order valence-electron chi connectivity index (χ4n) is 1.33. The molecule has 2 aromatic heterocycles. The molecule has 0 aromatic carbocycles. The van der Waals surface area contributed by atoms with Gasteiger partial charge in [0.2, 0.25) is 5.65 Å². The van der Waals surface area contributed by atoms with E-state index >= 15 is 0 Å².